The van der Waals surface area contributed by atoms with Crippen molar-refractivity contribution in [3.63, 3.8) is 0 Å². The van der Waals surface area contributed by atoms with E-state index in [4.69, 9.17) is 0 Å². The highest BCUT2D eigenvalue weighted by Gasteiger charge is 2.03. The Morgan fingerprint density at radius 1 is 0.414 bits per heavy atom. The maximum atomic E-state index is 2.40. The topological polar surface area (TPSA) is 0 Å². The number of hydrogen-bond donors (Lipinski definition) is 0. The van der Waals surface area contributed by atoms with Crippen LogP contribution in [0.4, 0.5) is 0 Å². The summed E-state index contributed by atoms with van der Waals surface area (Å²) in [5.74, 6) is 0. The van der Waals surface area contributed by atoms with Crippen LogP contribution in [0.15, 0.2) is 10.8 Å². The number of unbranched alkanes of at least 4 members (excludes halogenated alkanes) is 18. The van der Waals surface area contributed by atoms with Crippen molar-refractivity contribution in [3.8, 4) is 0 Å². The maximum Gasteiger partial charge on any atom is -0.00584 e. The van der Waals surface area contributed by atoms with E-state index in [2.05, 4.69) is 24.6 Å². The quantitative estimate of drug-likeness (QED) is 0.164. The molecule has 1 rings (SSSR count). The van der Waals surface area contributed by atoms with Gasteiger partial charge in [0.1, 0.15) is 0 Å². The smallest absolute Gasteiger partial charge is 0.00584 e. The van der Waals surface area contributed by atoms with Crippen LogP contribution in [0.25, 0.3) is 0 Å². The first-order valence-electron chi connectivity index (χ1n) is 13.4. The van der Waals surface area contributed by atoms with Crippen molar-refractivity contribution in [2.24, 2.45) is 0 Å². The van der Waals surface area contributed by atoms with Gasteiger partial charge in [0.05, 0.1) is 0 Å². The molecule has 0 amide bonds. The summed E-state index contributed by atoms with van der Waals surface area (Å²) in [7, 11) is 0. The second-order valence-electron chi connectivity index (χ2n) is 9.29. The van der Waals surface area contributed by atoms with Crippen molar-refractivity contribution < 1.29 is 0 Å². The molecule has 1 aromatic heterocycles. The van der Waals surface area contributed by atoms with Gasteiger partial charge in [0.15, 0.2) is 0 Å². The van der Waals surface area contributed by atoms with Crippen LogP contribution in [0.1, 0.15) is 153 Å². The molecule has 0 nitrogen and oxygen atoms in total. The van der Waals surface area contributed by atoms with Crippen LogP contribution in [-0.2, 0) is 12.8 Å². The van der Waals surface area contributed by atoms with E-state index in [1.165, 1.54) is 141 Å². The molecule has 0 aliphatic carbocycles. The summed E-state index contributed by atoms with van der Waals surface area (Å²) in [6, 6.07) is 0. The molecule has 29 heavy (non-hydrogen) atoms. The Hall–Kier alpha value is -0.300. The summed E-state index contributed by atoms with van der Waals surface area (Å²) in [5.41, 5.74) is 3.30. The second-order valence-corrected chi connectivity index (χ2v) is 10.0. The zero-order valence-electron chi connectivity index (χ0n) is 20.1. The predicted molar refractivity (Wildman–Crippen MR) is 135 cm³/mol. The first kappa shape index (κ1) is 26.7. The molecule has 1 heterocycles. The summed E-state index contributed by atoms with van der Waals surface area (Å²) in [6.45, 7) is 4.60. The lowest BCUT2D eigenvalue weighted by atomic mass is 10.0. The molecular weight excluding hydrogens is 368 g/mol. The zero-order valence-corrected chi connectivity index (χ0v) is 20.9. The Morgan fingerprint density at radius 3 is 1.10 bits per heavy atom. The predicted octanol–water partition coefficient (Wildman–Crippen LogP) is 10.7. The van der Waals surface area contributed by atoms with E-state index in [0.717, 1.165) is 0 Å². The zero-order chi connectivity index (χ0) is 20.8. The average molecular weight is 421 g/mol. The standard InChI is InChI=1S/C28H52S/c1-3-5-7-8-9-10-11-12-13-14-15-16-17-18-19-20-21-22-24-28-26-29-25-27(28)23-6-4-2/h25-26H,3-24H2,1-2H3. The van der Waals surface area contributed by atoms with E-state index in [9.17, 15) is 0 Å². The summed E-state index contributed by atoms with van der Waals surface area (Å²) in [4.78, 5) is 0. The molecule has 1 heteroatoms. The SMILES string of the molecule is CCCCCCCCCCCCCCCCCCCCc1cscc1CCCC. The van der Waals surface area contributed by atoms with Crippen LogP contribution in [0.5, 0.6) is 0 Å². The monoisotopic (exact) mass is 420 g/mol. The van der Waals surface area contributed by atoms with Crippen molar-refractivity contribution in [1.82, 2.24) is 0 Å². The molecule has 0 fully saturated rings. The Labute approximate surface area is 188 Å². The summed E-state index contributed by atoms with van der Waals surface area (Å²) >= 11 is 1.91. The minimum Gasteiger partial charge on any atom is -0.152 e. The van der Waals surface area contributed by atoms with Gasteiger partial charge in [-0.2, -0.15) is 11.3 Å². The van der Waals surface area contributed by atoms with Gasteiger partial charge in [-0.05, 0) is 47.6 Å². The molecule has 0 spiro atoms. The summed E-state index contributed by atoms with van der Waals surface area (Å²) < 4.78 is 0. The normalized spacial score (nSPS) is 11.4. The number of aryl methyl sites for hydroxylation is 2. The summed E-state index contributed by atoms with van der Waals surface area (Å²) in [6.07, 6.45) is 31.6. The summed E-state index contributed by atoms with van der Waals surface area (Å²) in [5, 5.41) is 4.79. The highest BCUT2D eigenvalue weighted by molar-refractivity contribution is 7.08. The molecule has 0 saturated carbocycles. The Morgan fingerprint density at radius 2 is 0.724 bits per heavy atom. The van der Waals surface area contributed by atoms with E-state index in [1.807, 2.05) is 11.3 Å². The van der Waals surface area contributed by atoms with E-state index in [1.54, 1.807) is 11.1 Å². The van der Waals surface area contributed by atoms with Gasteiger partial charge >= 0.3 is 0 Å². The van der Waals surface area contributed by atoms with Gasteiger partial charge in [-0.25, -0.2) is 0 Å². The largest absolute Gasteiger partial charge is 0.152 e. The van der Waals surface area contributed by atoms with Gasteiger partial charge in [-0.15, -0.1) is 0 Å². The molecule has 170 valence electrons. The van der Waals surface area contributed by atoms with Crippen molar-refractivity contribution in [2.75, 3.05) is 0 Å². The molecule has 0 atom stereocenters. The Balaban J connectivity index is 1.77. The molecule has 1 aromatic rings. The number of rotatable bonds is 22. The molecule has 0 unspecified atom stereocenters. The highest BCUT2D eigenvalue weighted by Crippen LogP contribution is 2.21. The number of hydrogen-bond acceptors (Lipinski definition) is 1. The second kappa shape index (κ2) is 21.0. The molecule has 0 aromatic carbocycles. The molecule has 0 saturated heterocycles. The van der Waals surface area contributed by atoms with Crippen LogP contribution in [0.3, 0.4) is 0 Å². The number of thiophene rings is 1. The van der Waals surface area contributed by atoms with Crippen LogP contribution in [-0.4, -0.2) is 0 Å². The molecule has 0 aliphatic heterocycles. The Bertz CT molecular complexity index is 433. The van der Waals surface area contributed by atoms with Gasteiger partial charge in [-0.1, -0.05) is 129 Å². The van der Waals surface area contributed by atoms with E-state index in [0.29, 0.717) is 0 Å². The van der Waals surface area contributed by atoms with E-state index in [-0.39, 0.29) is 0 Å². The van der Waals surface area contributed by atoms with Gasteiger partial charge < -0.3 is 0 Å². The fourth-order valence-corrected chi connectivity index (χ4v) is 5.31. The van der Waals surface area contributed by atoms with Crippen molar-refractivity contribution >= 4 is 11.3 Å². The average Bonchev–Trinajstić information content (AvgIpc) is 3.18. The first-order chi connectivity index (χ1) is 14.4. The lowest BCUT2D eigenvalue weighted by molar-refractivity contribution is 0.525. The van der Waals surface area contributed by atoms with Crippen LogP contribution < -0.4 is 0 Å². The fourth-order valence-electron chi connectivity index (χ4n) is 4.37. The highest BCUT2D eigenvalue weighted by atomic mass is 32.1. The van der Waals surface area contributed by atoms with Gasteiger partial charge in [-0.3, -0.25) is 0 Å². The Kier molecular flexibility index (Phi) is 19.3. The lowest BCUT2D eigenvalue weighted by Gasteiger charge is -2.05. The minimum absolute atomic E-state index is 1.30. The van der Waals surface area contributed by atoms with Crippen LogP contribution in [0.2, 0.25) is 0 Å². The van der Waals surface area contributed by atoms with Crippen LogP contribution >= 0.6 is 11.3 Å². The third-order valence-electron chi connectivity index (χ3n) is 6.43. The van der Waals surface area contributed by atoms with Crippen LogP contribution in [0, 0.1) is 0 Å². The van der Waals surface area contributed by atoms with Gasteiger partial charge in [0.2, 0.25) is 0 Å². The first-order valence-corrected chi connectivity index (χ1v) is 14.4. The van der Waals surface area contributed by atoms with E-state index < -0.39 is 0 Å². The maximum absolute atomic E-state index is 2.40. The third-order valence-corrected chi connectivity index (χ3v) is 7.27. The lowest BCUT2D eigenvalue weighted by Crippen LogP contribution is -1.91. The molecule has 0 aliphatic rings. The molecule has 0 bridgehead atoms. The van der Waals surface area contributed by atoms with Crippen molar-refractivity contribution in [2.45, 2.75) is 155 Å². The van der Waals surface area contributed by atoms with Crippen molar-refractivity contribution in [1.29, 1.82) is 0 Å². The molecule has 0 radical (unpaired) electrons. The third kappa shape index (κ3) is 16.1. The van der Waals surface area contributed by atoms with Gasteiger partial charge in [0, 0.05) is 0 Å². The van der Waals surface area contributed by atoms with Crippen molar-refractivity contribution in [3.05, 3.63) is 21.9 Å². The van der Waals surface area contributed by atoms with E-state index >= 15 is 0 Å². The van der Waals surface area contributed by atoms with Gasteiger partial charge in [0.25, 0.3) is 0 Å². The fraction of sp³-hybridized carbons (Fsp3) is 0.857. The molecular formula is C28H52S. The minimum atomic E-state index is 1.30. The molecule has 0 N–H and O–H groups in total.